The molecule has 0 aliphatic rings. The zero-order valence-corrected chi connectivity index (χ0v) is 12.1. The van der Waals surface area contributed by atoms with Gasteiger partial charge in [-0.05, 0) is 39.8 Å². The highest BCUT2D eigenvalue weighted by Gasteiger charge is 2.31. The van der Waals surface area contributed by atoms with Crippen LogP contribution < -0.4 is 4.65 Å². The summed E-state index contributed by atoms with van der Waals surface area (Å²) < 4.78 is 4.46. The maximum atomic E-state index is 9.10. The van der Waals surface area contributed by atoms with Crippen molar-refractivity contribution >= 4 is 18.9 Å². The van der Waals surface area contributed by atoms with Gasteiger partial charge in [0.25, 0.3) is 0 Å². The molecule has 0 radical (unpaired) electrons. The van der Waals surface area contributed by atoms with E-state index in [0.717, 1.165) is 0 Å². The molecular weight excluding hydrogens is 272 g/mol. The molecule has 19 heavy (non-hydrogen) atoms. The number of hydrogen-bond donors (Lipinski definition) is 4. The Morgan fingerprint density at radius 2 is 1.63 bits per heavy atom. The molecule has 108 valence electrons. The monoisotopic (exact) mass is 291 g/mol. The second-order valence-corrected chi connectivity index (χ2v) is 5.21. The van der Waals surface area contributed by atoms with Crippen LogP contribution in [0.4, 0.5) is 0 Å². The van der Waals surface area contributed by atoms with E-state index in [1.165, 1.54) is 12.3 Å². The lowest BCUT2D eigenvalue weighted by molar-refractivity contribution is -0.107. The smallest absolute Gasteiger partial charge is 0.509 e. The number of hydrogen-bond acceptors (Lipinski definition) is 6. The maximum Gasteiger partial charge on any atom is 0.707 e. The number of pyridine rings is 1. The quantitative estimate of drug-likeness (QED) is 0.481. The fraction of sp³-hybridized carbons (Fsp3) is 0.545. The van der Waals surface area contributed by atoms with Crippen molar-refractivity contribution in [3.8, 4) is 5.75 Å². The van der Waals surface area contributed by atoms with Crippen molar-refractivity contribution in [1.82, 2.24) is 4.98 Å². The van der Waals surface area contributed by atoms with Crippen molar-refractivity contribution in [2.75, 3.05) is 0 Å². The van der Waals surface area contributed by atoms with E-state index in [0.29, 0.717) is 0 Å². The first-order chi connectivity index (χ1) is 8.45. The number of nitrogens with zero attached hydrogens (tertiary/aromatic N) is 1. The van der Waals surface area contributed by atoms with Gasteiger partial charge in [-0.2, -0.15) is 0 Å². The zero-order valence-electron chi connectivity index (χ0n) is 11.3. The molecule has 6 nitrogen and oxygen atoms in total. The van der Waals surface area contributed by atoms with Gasteiger partial charge in [0, 0.05) is 6.20 Å². The van der Waals surface area contributed by atoms with Crippen LogP contribution in [0.1, 0.15) is 27.7 Å². The van der Waals surface area contributed by atoms with Gasteiger partial charge in [-0.3, -0.25) is 0 Å². The lowest BCUT2D eigenvalue weighted by Crippen LogP contribution is -2.44. The van der Waals surface area contributed by atoms with Crippen molar-refractivity contribution in [3.63, 3.8) is 0 Å². The first-order valence-corrected chi connectivity index (χ1v) is 5.91. The van der Waals surface area contributed by atoms with Crippen LogP contribution >= 0.6 is 11.6 Å². The first-order valence-electron chi connectivity index (χ1n) is 5.53. The first kappa shape index (κ1) is 18.1. The second-order valence-electron chi connectivity index (χ2n) is 4.85. The lowest BCUT2D eigenvalue weighted by Gasteiger charge is -2.31. The average Bonchev–Trinajstić information content (AvgIpc) is 2.18. The molecule has 0 spiro atoms. The molecule has 0 amide bonds. The van der Waals surface area contributed by atoms with E-state index in [4.69, 9.17) is 31.9 Å². The minimum Gasteiger partial charge on any atom is -0.509 e. The summed E-state index contributed by atoms with van der Waals surface area (Å²) in [6, 6.07) is 3.05. The Kier molecular flexibility index (Phi) is 6.75. The van der Waals surface area contributed by atoms with E-state index in [1.54, 1.807) is 33.8 Å². The summed E-state index contributed by atoms with van der Waals surface area (Å²) in [6.45, 7) is 6.31. The number of rotatable bonds is 3. The van der Waals surface area contributed by atoms with Crippen molar-refractivity contribution < 1.29 is 24.9 Å². The molecule has 4 N–H and O–H groups in total. The Morgan fingerprint density at radius 3 is 1.95 bits per heavy atom. The van der Waals surface area contributed by atoms with Crippen molar-refractivity contribution in [3.05, 3.63) is 23.5 Å². The van der Waals surface area contributed by atoms with Crippen LogP contribution in [0.25, 0.3) is 0 Å². The molecule has 0 saturated carbocycles. The fourth-order valence-corrected chi connectivity index (χ4v) is 0.737. The normalized spacial score (nSPS) is 11.4. The number of halogens is 1. The minimum atomic E-state index is -1.86. The van der Waals surface area contributed by atoms with Gasteiger partial charge in [-0.1, -0.05) is 11.6 Å². The van der Waals surface area contributed by atoms with E-state index in [1.807, 2.05) is 0 Å². The molecule has 8 heteroatoms. The average molecular weight is 292 g/mol. The molecule has 0 aromatic carbocycles. The molecule has 1 rings (SSSR count). The Bertz CT molecular complexity index is 377. The van der Waals surface area contributed by atoms with Gasteiger partial charge in [0.1, 0.15) is 5.75 Å². The summed E-state index contributed by atoms with van der Waals surface area (Å²) in [5.41, 5.74) is -2.01. The Morgan fingerprint density at radius 1 is 1.16 bits per heavy atom. The molecule has 0 aliphatic carbocycles. The van der Waals surface area contributed by atoms with E-state index >= 15 is 0 Å². The molecule has 0 aliphatic heterocycles. The SMILES string of the molecule is CC(C)(O)C(C)(C)O.OB(O)Oc1cccnc1Cl. The highest BCUT2D eigenvalue weighted by molar-refractivity contribution is 6.35. The molecule has 1 heterocycles. The summed E-state index contributed by atoms with van der Waals surface area (Å²) in [7, 11) is -1.86. The van der Waals surface area contributed by atoms with Crippen molar-refractivity contribution in [1.29, 1.82) is 0 Å². The third kappa shape index (κ3) is 7.34. The highest BCUT2D eigenvalue weighted by atomic mass is 35.5. The molecule has 0 unspecified atom stereocenters. The van der Waals surface area contributed by atoms with Gasteiger partial charge in [-0.15, -0.1) is 0 Å². The summed E-state index contributed by atoms with van der Waals surface area (Å²) in [5.74, 6) is 0.143. The van der Waals surface area contributed by atoms with E-state index < -0.39 is 18.5 Å². The van der Waals surface area contributed by atoms with Crippen LogP contribution in [0.3, 0.4) is 0 Å². The number of aromatic nitrogens is 1. The van der Waals surface area contributed by atoms with Gasteiger partial charge in [0.15, 0.2) is 5.15 Å². The fourth-order valence-electron chi connectivity index (χ4n) is 0.573. The molecule has 0 atom stereocenters. The highest BCUT2D eigenvalue weighted by Crippen LogP contribution is 2.20. The predicted octanol–water partition coefficient (Wildman–Crippen LogP) is 0.611. The molecule has 0 saturated heterocycles. The van der Waals surface area contributed by atoms with E-state index in [9.17, 15) is 0 Å². The van der Waals surface area contributed by atoms with Crippen LogP contribution in [-0.4, -0.2) is 43.8 Å². The van der Waals surface area contributed by atoms with Gasteiger partial charge < -0.3 is 24.9 Å². The van der Waals surface area contributed by atoms with Crippen LogP contribution in [0.15, 0.2) is 18.3 Å². The van der Waals surface area contributed by atoms with Crippen molar-refractivity contribution in [2.45, 2.75) is 38.9 Å². The van der Waals surface area contributed by atoms with Gasteiger partial charge in [-0.25, -0.2) is 4.98 Å². The lowest BCUT2D eigenvalue weighted by atomic mass is 9.90. The third-order valence-electron chi connectivity index (χ3n) is 2.45. The molecular formula is C11H19BClNO5. The standard InChI is InChI=1S/C6H14O2.C5H5BClNO3/c1-5(2,7)6(3,4)8;7-5-4(11-6(9)10)2-1-3-8-5/h7-8H,1-4H3;1-3,9-10H. The van der Waals surface area contributed by atoms with Crippen LogP contribution in [-0.2, 0) is 0 Å². The van der Waals surface area contributed by atoms with Crippen LogP contribution in [0.2, 0.25) is 5.15 Å². The largest absolute Gasteiger partial charge is 0.707 e. The maximum absolute atomic E-state index is 9.10. The Labute approximate surface area is 117 Å². The number of aliphatic hydroxyl groups is 2. The minimum absolute atomic E-state index is 0.0978. The summed E-state index contributed by atoms with van der Waals surface area (Å²) >= 11 is 5.51. The van der Waals surface area contributed by atoms with Crippen LogP contribution in [0.5, 0.6) is 5.75 Å². The van der Waals surface area contributed by atoms with Gasteiger partial charge in [0.05, 0.1) is 11.2 Å². The van der Waals surface area contributed by atoms with Crippen molar-refractivity contribution in [2.24, 2.45) is 0 Å². The molecule has 1 aromatic rings. The summed E-state index contributed by atoms with van der Waals surface area (Å²) in [4.78, 5) is 3.65. The second kappa shape index (κ2) is 7.07. The molecule has 0 fully saturated rings. The predicted molar refractivity (Wildman–Crippen MR) is 72.7 cm³/mol. The summed E-state index contributed by atoms with van der Waals surface area (Å²) in [5, 5.41) is 35.1. The van der Waals surface area contributed by atoms with E-state index in [2.05, 4.69) is 9.64 Å². The third-order valence-corrected chi connectivity index (χ3v) is 2.74. The Hall–Kier alpha value is -0.855. The van der Waals surface area contributed by atoms with Gasteiger partial charge in [0.2, 0.25) is 0 Å². The molecule has 0 bridgehead atoms. The topological polar surface area (TPSA) is 103 Å². The van der Waals surface area contributed by atoms with Gasteiger partial charge >= 0.3 is 7.32 Å². The van der Waals surface area contributed by atoms with Crippen LogP contribution in [0, 0.1) is 0 Å². The van der Waals surface area contributed by atoms with E-state index in [-0.39, 0.29) is 10.9 Å². The Balaban J connectivity index is 0.000000362. The summed E-state index contributed by atoms with van der Waals surface area (Å²) in [6.07, 6.45) is 1.47. The molecule has 1 aromatic heterocycles. The zero-order chi connectivity index (χ0) is 15.3.